The highest BCUT2D eigenvalue weighted by atomic mass is 79.9. The molecule has 0 aliphatic heterocycles. The Morgan fingerprint density at radius 2 is 0.576 bits per heavy atom. The van der Waals surface area contributed by atoms with Gasteiger partial charge in [0.2, 0.25) is 0 Å². The van der Waals surface area contributed by atoms with Gasteiger partial charge in [-0.1, -0.05) is 28.1 Å². The molecular weight excluding hydrogens is 919 g/mol. The summed E-state index contributed by atoms with van der Waals surface area (Å²) in [5.41, 5.74) is -13.0. The van der Waals surface area contributed by atoms with E-state index in [4.69, 9.17) is 0 Å². The molecule has 0 saturated heterocycles. The zero-order valence-corrected chi connectivity index (χ0v) is 29.3. The standard InChI is InChI=1S/C24BF20.C11H10BrN2/c26-5-1(6(27)14(35)21(42)13(5)34)25(2-7(28)15(36)22(43)16(37)8(2)29,3-9(30)17(38)23(44)18(39)10(3)31)4-11(32)19(40)24(45)20(41)12(4)33;12-11-3-1-10(2-4-11)9-14-7-5-13-6-8-14/h;1-8H,9H2/q-1;+1. The minimum atomic E-state index is -7.22. The van der Waals surface area contributed by atoms with Gasteiger partial charge in [-0.2, -0.15) is 4.57 Å². The molecule has 0 aliphatic carbocycles. The third-order valence-electron chi connectivity index (χ3n) is 8.67. The minimum absolute atomic E-state index is 0.885. The van der Waals surface area contributed by atoms with Gasteiger partial charge in [-0.05, 0) is 12.1 Å². The zero-order chi connectivity index (χ0) is 44.2. The maximum Gasteiger partial charge on any atom is 0.200 e. The van der Waals surface area contributed by atoms with Gasteiger partial charge in [0.05, 0.1) is 12.4 Å². The van der Waals surface area contributed by atoms with Crippen molar-refractivity contribution >= 4 is 43.9 Å². The Morgan fingerprint density at radius 3 is 0.814 bits per heavy atom. The highest BCUT2D eigenvalue weighted by molar-refractivity contribution is 9.10. The number of nitrogens with zero attached hydrogens (tertiary/aromatic N) is 2. The predicted octanol–water partition coefficient (Wildman–Crippen LogP) is 8.03. The van der Waals surface area contributed by atoms with E-state index in [1.54, 1.807) is 12.4 Å². The van der Waals surface area contributed by atoms with Gasteiger partial charge in [0.15, 0.2) is 88.7 Å². The van der Waals surface area contributed by atoms with E-state index in [1.807, 2.05) is 12.4 Å². The molecular formula is C35H10BBrF20N2. The Kier molecular flexibility index (Phi) is 12.4. The molecule has 0 radical (unpaired) electrons. The Balaban J connectivity index is 0.000000395. The van der Waals surface area contributed by atoms with E-state index >= 15 is 35.1 Å². The number of aromatic nitrogens is 2. The van der Waals surface area contributed by atoms with Crippen LogP contribution in [0.2, 0.25) is 0 Å². The number of benzene rings is 5. The highest BCUT2D eigenvalue weighted by Crippen LogP contribution is 2.30. The summed E-state index contributed by atoms with van der Waals surface area (Å²) in [6, 6.07) is 8.32. The smallest absolute Gasteiger partial charge is 0.200 e. The summed E-state index contributed by atoms with van der Waals surface area (Å²) in [6.45, 7) is 0.885. The number of halogens is 21. The molecule has 6 aromatic rings. The van der Waals surface area contributed by atoms with Crippen LogP contribution < -0.4 is 26.4 Å². The summed E-state index contributed by atoms with van der Waals surface area (Å²) in [6.07, 6.45) is 0.285. The van der Waals surface area contributed by atoms with Gasteiger partial charge in [0.1, 0.15) is 52.7 Å². The molecule has 0 N–H and O–H groups in total. The monoisotopic (exact) mass is 928 g/mol. The molecule has 24 heteroatoms. The molecule has 6 rings (SSSR count). The van der Waals surface area contributed by atoms with Crippen molar-refractivity contribution in [3.63, 3.8) is 0 Å². The van der Waals surface area contributed by atoms with Crippen molar-refractivity contribution in [3.8, 4) is 0 Å². The van der Waals surface area contributed by atoms with Crippen LogP contribution >= 0.6 is 15.9 Å². The van der Waals surface area contributed by atoms with Crippen LogP contribution in [0.5, 0.6) is 0 Å². The van der Waals surface area contributed by atoms with Gasteiger partial charge in [-0.3, -0.25) is 4.98 Å². The molecule has 0 atom stereocenters. The molecule has 2 nitrogen and oxygen atoms in total. The van der Waals surface area contributed by atoms with Gasteiger partial charge in [-0.15, -0.1) is 21.9 Å². The van der Waals surface area contributed by atoms with Gasteiger partial charge >= 0.3 is 0 Å². The lowest BCUT2D eigenvalue weighted by molar-refractivity contribution is -0.688. The van der Waals surface area contributed by atoms with Crippen molar-refractivity contribution in [2.45, 2.75) is 6.54 Å². The molecule has 0 saturated carbocycles. The Bertz CT molecular complexity index is 2260. The first-order valence-electron chi connectivity index (χ1n) is 15.3. The summed E-state index contributed by atoms with van der Waals surface area (Å²) in [5.74, 6) is -71.4. The van der Waals surface area contributed by atoms with Crippen LogP contribution in [0.25, 0.3) is 0 Å². The van der Waals surface area contributed by atoms with E-state index in [9.17, 15) is 52.7 Å². The Labute approximate surface area is 323 Å². The SMILES string of the molecule is Brc1ccc(C[n+]2ccncc2)cc1.Fc1c(F)c(F)c([B-](c2c(F)c(F)c(F)c(F)c2F)(c2c(F)c(F)c(F)c(F)c2F)c2c(F)c(F)c(F)c(F)c2F)c(F)c1F. The van der Waals surface area contributed by atoms with Gasteiger partial charge in [-0.25, -0.2) is 87.8 Å². The summed E-state index contributed by atoms with van der Waals surface area (Å²) < 4.78 is 297. The average molecular weight is 929 g/mol. The predicted molar refractivity (Wildman–Crippen MR) is 167 cm³/mol. The van der Waals surface area contributed by atoms with Gasteiger partial charge in [0.25, 0.3) is 0 Å². The summed E-state index contributed by atoms with van der Waals surface area (Å²) in [4.78, 5) is 3.97. The Hall–Kier alpha value is -5.68. The second kappa shape index (κ2) is 16.5. The summed E-state index contributed by atoms with van der Waals surface area (Å²) in [5, 5.41) is 0. The first-order valence-corrected chi connectivity index (χ1v) is 16.1. The molecule has 5 aromatic carbocycles. The number of rotatable bonds is 6. The molecule has 0 unspecified atom stereocenters. The molecule has 0 fully saturated rings. The normalized spacial score (nSPS) is 11.5. The van der Waals surface area contributed by atoms with Crippen LogP contribution in [-0.4, -0.2) is 11.1 Å². The summed E-state index contributed by atoms with van der Waals surface area (Å²) >= 11 is 3.41. The van der Waals surface area contributed by atoms with Crippen molar-refractivity contribution in [2.75, 3.05) is 0 Å². The number of hydrogen-bond donors (Lipinski definition) is 0. The van der Waals surface area contributed by atoms with Gasteiger partial charge in [0, 0.05) is 10.0 Å². The fourth-order valence-electron chi connectivity index (χ4n) is 6.13. The maximum atomic E-state index is 15.4. The molecule has 0 bridgehead atoms. The van der Waals surface area contributed by atoms with E-state index in [0.717, 1.165) is 11.0 Å². The van der Waals surface area contributed by atoms with Crippen molar-refractivity contribution < 1.29 is 92.4 Å². The fraction of sp³-hybridized carbons (Fsp3) is 0.0286. The quantitative estimate of drug-likeness (QED) is 0.0544. The second-order valence-corrected chi connectivity index (χ2v) is 12.8. The molecule has 1 heterocycles. The zero-order valence-electron chi connectivity index (χ0n) is 27.7. The molecule has 59 heavy (non-hydrogen) atoms. The average Bonchev–Trinajstić information content (AvgIpc) is 3.22. The fourth-order valence-corrected chi connectivity index (χ4v) is 6.39. The molecule has 0 amide bonds. The van der Waals surface area contributed by atoms with Crippen LogP contribution in [-0.2, 0) is 6.54 Å². The first-order chi connectivity index (χ1) is 27.5. The van der Waals surface area contributed by atoms with Crippen LogP contribution in [0.4, 0.5) is 87.8 Å². The van der Waals surface area contributed by atoms with Crippen molar-refractivity contribution in [2.24, 2.45) is 0 Å². The van der Waals surface area contributed by atoms with E-state index in [2.05, 4.69) is 49.7 Å². The van der Waals surface area contributed by atoms with Crippen LogP contribution in [0.15, 0.2) is 53.5 Å². The third kappa shape index (κ3) is 7.13. The Morgan fingerprint density at radius 1 is 0.356 bits per heavy atom. The number of hydrogen-bond acceptors (Lipinski definition) is 1. The van der Waals surface area contributed by atoms with Crippen molar-refractivity contribution in [1.82, 2.24) is 4.98 Å². The van der Waals surface area contributed by atoms with Crippen LogP contribution in [0, 0.1) is 116 Å². The first kappa shape index (κ1) is 44.4. The third-order valence-corrected chi connectivity index (χ3v) is 9.20. The molecule has 310 valence electrons. The summed E-state index contributed by atoms with van der Waals surface area (Å²) in [7, 11) is 0. The van der Waals surface area contributed by atoms with E-state index < -0.39 is 144 Å². The van der Waals surface area contributed by atoms with Crippen molar-refractivity contribution in [1.29, 1.82) is 0 Å². The molecule has 0 aliphatic rings. The highest BCUT2D eigenvalue weighted by Gasteiger charge is 2.52. The second-order valence-electron chi connectivity index (χ2n) is 11.8. The molecule has 0 spiro atoms. The van der Waals surface area contributed by atoms with Gasteiger partial charge < -0.3 is 0 Å². The lowest BCUT2D eigenvalue weighted by Gasteiger charge is -2.44. The molecule has 1 aromatic heterocycles. The topological polar surface area (TPSA) is 16.8 Å². The lowest BCUT2D eigenvalue weighted by atomic mass is 9.12. The minimum Gasteiger partial charge on any atom is -0.252 e. The van der Waals surface area contributed by atoms with Crippen LogP contribution in [0.1, 0.15) is 5.56 Å². The lowest BCUT2D eigenvalue weighted by Crippen LogP contribution is -2.81. The van der Waals surface area contributed by atoms with E-state index in [1.165, 1.54) is 5.56 Å². The van der Waals surface area contributed by atoms with E-state index in [0.29, 0.717) is 0 Å². The van der Waals surface area contributed by atoms with Crippen LogP contribution in [0.3, 0.4) is 0 Å². The maximum absolute atomic E-state index is 15.4. The van der Waals surface area contributed by atoms with Crippen molar-refractivity contribution in [3.05, 3.63) is 175 Å². The van der Waals surface area contributed by atoms with E-state index in [-0.39, 0.29) is 0 Å². The largest absolute Gasteiger partial charge is 0.252 e.